The molecule has 1 nitrogen and oxygen atoms in total. The van der Waals surface area contributed by atoms with Gasteiger partial charge in [-0.2, -0.15) is 0 Å². The van der Waals surface area contributed by atoms with Gasteiger partial charge in [-0.3, -0.25) is 0 Å². The van der Waals surface area contributed by atoms with Crippen LogP contribution in [0.3, 0.4) is 0 Å². The van der Waals surface area contributed by atoms with E-state index >= 15 is 0 Å². The van der Waals surface area contributed by atoms with Crippen molar-refractivity contribution in [1.29, 1.82) is 0 Å². The minimum atomic E-state index is -2.29. The Morgan fingerprint density at radius 3 is 2.33 bits per heavy atom. The normalized spacial score (nSPS) is 11.7. The summed E-state index contributed by atoms with van der Waals surface area (Å²) in [6.07, 6.45) is 4.41. The Labute approximate surface area is 94.9 Å². The molecule has 0 saturated heterocycles. The maximum absolute atomic E-state index is 13.2. The van der Waals surface area contributed by atoms with E-state index in [2.05, 4.69) is 6.58 Å². The van der Waals surface area contributed by atoms with Crippen LogP contribution in [0.5, 0.6) is 0 Å². The molecular formula is C12H25FOSi. The fraction of sp³-hybridized carbons (Fsp3) is 0.833. The minimum absolute atomic E-state index is 0.671. The van der Waals surface area contributed by atoms with Crippen molar-refractivity contribution in [3.63, 3.8) is 0 Å². The van der Waals surface area contributed by atoms with Crippen molar-refractivity contribution in [2.45, 2.75) is 51.7 Å². The lowest BCUT2D eigenvalue weighted by atomic mass is 10.2. The van der Waals surface area contributed by atoms with Gasteiger partial charge in [-0.15, -0.1) is 0 Å². The van der Waals surface area contributed by atoms with E-state index in [-0.39, 0.29) is 0 Å². The average molecular weight is 232 g/mol. The molecule has 0 unspecified atom stereocenters. The highest BCUT2D eigenvalue weighted by atomic mass is 28.4. The van der Waals surface area contributed by atoms with Gasteiger partial charge in [-0.1, -0.05) is 31.4 Å². The van der Waals surface area contributed by atoms with Crippen molar-refractivity contribution in [2.24, 2.45) is 0 Å². The molecule has 0 heterocycles. The maximum Gasteiger partial charge on any atom is 0.240 e. The monoisotopic (exact) mass is 232 g/mol. The summed E-state index contributed by atoms with van der Waals surface area (Å²) in [5.74, 6) is 0. The lowest BCUT2D eigenvalue weighted by molar-refractivity contribution is 0.151. The lowest BCUT2D eigenvalue weighted by Gasteiger charge is -2.09. The second-order valence-electron chi connectivity index (χ2n) is 4.89. The van der Waals surface area contributed by atoms with Gasteiger partial charge >= 0.3 is 0 Å². The lowest BCUT2D eigenvalue weighted by Crippen LogP contribution is -2.16. The van der Waals surface area contributed by atoms with Crippen LogP contribution in [0.4, 0.5) is 4.11 Å². The van der Waals surface area contributed by atoms with Gasteiger partial charge in [0.2, 0.25) is 8.41 Å². The predicted molar refractivity (Wildman–Crippen MR) is 67.5 cm³/mol. The summed E-state index contributed by atoms with van der Waals surface area (Å²) in [5, 5.41) is 0. The van der Waals surface area contributed by atoms with Crippen LogP contribution < -0.4 is 0 Å². The Hall–Kier alpha value is -0.153. The molecule has 15 heavy (non-hydrogen) atoms. The van der Waals surface area contributed by atoms with Crippen LogP contribution in [0.1, 0.15) is 32.6 Å². The smallest absolute Gasteiger partial charge is 0.240 e. The zero-order valence-electron chi connectivity index (χ0n) is 10.4. The molecule has 0 radical (unpaired) electrons. The van der Waals surface area contributed by atoms with Crippen molar-refractivity contribution in [3.05, 3.63) is 12.2 Å². The third-order valence-corrected chi connectivity index (χ3v) is 3.70. The van der Waals surface area contributed by atoms with E-state index in [9.17, 15) is 4.11 Å². The van der Waals surface area contributed by atoms with Gasteiger partial charge in [-0.25, -0.2) is 0 Å². The molecule has 0 spiro atoms. The largest absolute Gasteiger partial charge is 0.377 e. The average Bonchev–Trinajstić information content (AvgIpc) is 2.07. The van der Waals surface area contributed by atoms with Crippen LogP contribution in [0.25, 0.3) is 0 Å². The molecule has 0 N–H and O–H groups in total. The summed E-state index contributed by atoms with van der Waals surface area (Å²) in [4.78, 5) is 0. The van der Waals surface area contributed by atoms with Crippen molar-refractivity contribution in [1.82, 2.24) is 0 Å². The predicted octanol–water partition coefficient (Wildman–Crippen LogP) is 4.31. The molecule has 0 aliphatic carbocycles. The summed E-state index contributed by atoms with van der Waals surface area (Å²) >= 11 is 0. The summed E-state index contributed by atoms with van der Waals surface area (Å²) in [6, 6.07) is 0.805. The van der Waals surface area contributed by atoms with Gasteiger partial charge in [0.15, 0.2) is 0 Å². The number of hydrogen-bond acceptors (Lipinski definition) is 1. The molecule has 0 aromatic rings. The summed E-state index contributed by atoms with van der Waals surface area (Å²) < 4.78 is 18.6. The number of unbranched alkanes of at least 4 members (excludes halogenated alkanes) is 3. The third-order valence-electron chi connectivity index (χ3n) is 2.16. The van der Waals surface area contributed by atoms with Crippen LogP contribution in [-0.2, 0) is 4.74 Å². The SMILES string of the molecule is C=C(C)COCCCCCC[Si](C)(C)F. The molecule has 0 aromatic heterocycles. The Morgan fingerprint density at radius 2 is 1.80 bits per heavy atom. The Bertz CT molecular complexity index is 175. The molecule has 90 valence electrons. The van der Waals surface area contributed by atoms with Crippen LogP contribution in [-0.4, -0.2) is 21.6 Å². The highest BCUT2D eigenvalue weighted by Gasteiger charge is 2.18. The first-order valence-corrected chi connectivity index (χ1v) is 8.91. The molecular weight excluding hydrogens is 207 g/mol. The number of hydrogen-bond donors (Lipinski definition) is 0. The second kappa shape index (κ2) is 8.05. The quantitative estimate of drug-likeness (QED) is 0.249. The molecule has 0 rings (SSSR count). The van der Waals surface area contributed by atoms with E-state index < -0.39 is 8.41 Å². The van der Waals surface area contributed by atoms with Crippen LogP contribution in [0, 0.1) is 0 Å². The number of ether oxygens (including phenoxy) is 1. The molecule has 0 atom stereocenters. The van der Waals surface area contributed by atoms with Crippen molar-refractivity contribution >= 4 is 8.41 Å². The van der Waals surface area contributed by atoms with Gasteiger partial charge in [0.05, 0.1) is 6.61 Å². The fourth-order valence-electron chi connectivity index (χ4n) is 1.35. The van der Waals surface area contributed by atoms with E-state index in [4.69, 9.17) is 4.74 Å². The second-order valence-corrected chi connectivity index (χ2v) is 8.83. The zero-order chi connectivity index (χ0) is 11.7. The molecule has 0 amide bonds. The van der Waals surface area contributed by atoms with Crippen LogP contribution >= 0.6 is 0 Å². The molecule has 0 aromatic carbocycles. The Morgan fingerprint density at radius 1 is 1.20 bits per heavy atom. The molecule has 0 aliphatic heterocycles. The van der Waals surface area contributed by atoms with Crippen LogP contribution in [0.2, 0.25) is 19.1 Å². The van der Waals surface area contributed by atoms with E-state index in [1.54, 1.807) is 13.1 Å². The Kier molecular flexibility index (Phi) is 7.97. The third kappa shape index (κ3) is 13.8. The first kappa shape index (κ1) is 14.8. The van der Waals surface area contributed by atoms with Gasteiger partial charge in [0.25, 0.3) is 0 Å². The van der Waals surface area contributed by atoms with E-state index in [0.717, 1.165) is 43.9 Å². The number of halogens is 1. The van der Waals surface area contributed by atoms with Gasteiger partial charge in [-0.05, 0) is 32.5 Å². The van der Waals surface area contributed by atoms with Gasteiger partial charge < -0.3 is 8.84 Å². The minimum Gasteiger partial charge on any atom is -0.377 e. The molecule has 0 aliphatic rings. The highest BCUT2D eigenvalue weighted by molar-refractivity contribution is 6.70. The maximum atomic E-state index is 13.2. The topological polar surface area (TPSA) is 9.23 Å². The molecule has 0 bridgehead atoms. The molecule has 3 heteroatoms. The van der Waals surface area contributed by atoms with E-state index in [1.165, 1.54) is 0 Å². The highest BCUT2D eigenvalue weighted by Crippen LogP contribution is 2.15. The van der Waals surface area contributed by atoms with E-state index in [0.29, 0.717) is 6.61 Å². The first-order valence-electron chi connectivity index (χ1n) is 5.83. The fourth-order valence-corrected chi connectivity index (χ4v) is 2.44. The van der Waals surface area contributed by atoms with Crippen molar-refractivity contribution < 1.29 is 8.84 Å². The van der Waals surface area contributed by atoms with E-state index in [1.807, 2.05) is 6.92 Å². The Balaban J connectivity index is 3.09. The summed E-state index contributed by atoms with van der Waals surface area (Å²) in [5.41, 5.74) is 1.07. The van der Waals surface area contributed by atoms with Gasteiger partial charge in [0, 0.05) is 6.61 Å². The standard InChI is InChI=1S/C12H25FOSi/c1-12(2)11-14-9-7-5-6-8-10-15(3,4)13/h1,5-11H2,2-4H3. The molecule has 0 fully saturated rings. The van der Waals surface area contributed by atoms with Gasteiger partial charge in [0.1, 0.15) is 0 Å². The van der Waals surface area contributed by atoms with Crippen molar-refractivity contribution in [3.8, 4) is 0 Å². The summed E-state index contributed by atoms with van der Waals surface area (Å²) in [6.45, 7) is 10.8. The first-order chi connectivity index (χ1) is 6.92. The van der Waals surface area contributed by atoms with Crippen molar-refractivity contribution in [2.75, 3.05) is 13.2 Å². The zero-order valence-corrected chi connectivity index (χ0v) is 11.4. The summed E-state index contributed by atoms with van der Waals surface area (Å²) in [7, 11) is -2.29. The number of rotatable bonds is 9. The molecule has 0 saturated carbocycles. The van der Waals surface area contributed by atoms with Crippen LogP contribution in [0.15, 0.2) is 12.2 Å².